The second-order valence-electron chi connectivity index (χ2n) is 6.61. The maximum absolute atomic E-state index is 12.9. The summed E-state index contributed by atoms with van der Waals surface area (Å²) in [5.41, 5.74) is -0.244. The number of carbonyl (C=O) groups excluding carboxylic acids is 2. The summed E-state index contributed by atoms with van der Waals surface area (Å²) in [6, 6.07) is 15.4. The first-order valence-corrected chi connectivity index (χ1v) is 9.34. The second kappa shape index (κ2) is 9.42. The third-order valence-electron chi connectivity index (χ3n) is 4.51. The van der Waals surface area contributed by atoms with Crippen molar-refractivity contribution in [2.75, 3.05) is 24.9 Å². The third-order valence-corrected chi connectivity index (χ3v) is 4.51. The normalized spacial score (nSPS) is 10.9. The van der Waals surface area contributed by atoms with Crippen molar-refractivity contribution in [2.45, 2.75) is 6.18 Å². The van der Waals surface area contributed by atoms with Crippen LogP contribution in [-0.2, 0) is 6.18 Å². The average Bonchev–Trinajstić information content (AvgIpc) is 2.79. The number of halogens is 3. The van der Waals surface area contributed by atoms with E-state index in [4.69, 9.17) is 9.47 Å². The zero-order chi connectivity index (χ0) is 23.3. The van der Waals surface area contributed by atoms with Gasteiger partial charge in [0, 0.05) is 23.3 Å². The van der Waals surface area contributed by atoms with Crippen molar-refractivity contribution in [1.82, 2.24) is 0 Å². The molecule has 0 aromatic heterocycles. The molecule has 3 aromatic rings. The van der Waals surface area contributed by atoms with Crippen LogP contribution in [0.2, 0.25) is 0 Å². The maximum atomic E-state index is 12.9. The van der Waals surface area contributed by atoms with Crippen molar-refractivity contribution in [3.8, 4) is 11.5 Å². The van der Waals surface area contributed by atoms with E-state index in [-0.39, 0.29) is 34.3 Å². The maximum Gasteiger partial charge on any atom is 0.416 e. The monoisotopic (exact) mass is 444 g/mol. The van der Waals surface area contributed by atoms with Crippen LogP contribution >= 0.6 is 0 Å². The third kappa shape index (κ3) is 5.18. The molecule has 3 rings (SSSR count). The molecule has 0 atom stereocenters. The molecule has 6 nitrogen and oxygen atoms in total. The Morgan fingerprint density at radius 3 is 1.72 bits per heavy atom. The molecular formula is C23H19F3N2O4. The lowest BCUT2D eigenvalue weighted by Crippen LogP contribution is -2.16. The summed E-state index contributed by atoms with van der Waals surface area (Å²) < 4.78 is 49.4. The van der Waals surface area contributed by atoms with E-state index in [0.717, 1.165) is 18.2 Å². The van der Waals surface area contributed by atoms with Gasteiger partial charge in [0.25, 0.3) is 11.8 Å². The van der Waals surface area contributed by atoms with E-state index in [2.05, 4.69) is 10.6 Å². The molecule has 0 aliphatic rings. The fraction of sp³-hybridized carbons (Fsp3) is 0.130. The van der Waals surface area contributed by atoms with Gasteiger partial charge in [-0.25, -0.2) is 0 Å². The molecule has 32 heavy (non-hydrogen) atoms. The number of amides is 2. The summed E-state index contributed by atoms with van der Waals surface area (Å²) >= 11 is 0. The number of alkyl halides is 3. The molecule has 9 heteroatoms. The van der Waals surface area contributed by atoms with Gasteiger partial charge < -0.3 is 20.1 Å². The Bertz CT molecular complexity index is 1130. The van der Waals surface area contributed by atoms with Crippen molar-refractivity contribution >= 4 is 23.2 Å². The minimum absolute atomic E-state index is 0.157. The highest BCUT2D eigenvalue weighted by atomic mass is 19.4. The van der Waals surface area contributed by atoms with E-state index in [1.165, 1.54) is 32.4 Å². The Balaban J connectivity index is 1.88. The van der Waals surface area contributed by atoms with Crippen LogP contribution in [0.15, 0.2) is 66.7 Å². The number of hydrogen-bond donors (Lipinski definition) is 2. The van der Waals surface area contributed by atoms with E-state index in [9.17, 15) is 22.8 Å². The summed E-state index contributed by atoms with van der Waals surface area (Å²) in [6.45, 7) is 0. The van der Waals surface area contributed by atoms with E-state index in [1.807, 2.05) is 0 Å². The highest BCUT2D eigenvalue weighted by molar-refractivity contribution is 6.07. The molecule has 0 saturated carbocycles. The zero-order valence-electron chi connectivity index (χ0n) is 17.1. The predicted octanol–water partition coefficient (Wildman–Crippen LogP) is 5.23. The summed E-state index contributed by atoms with van der Waals surface area (Å²) in [5.74, 6) is -0.756. The van der Waals surface area contributed by atoms with Gasteiger partial charge in [-0.15, -0.1) is 0 Å². The molecule has 2 N–H and O–H groups in total. The lowest BCUT2D eigenvalue weighted by molar-refractivity contribution is -0.137. The second-order valence-corrected chi connectivity index (χ2v) is 6.61. The minimum atomic E-state index is -4.57. The molecule has 0 heterocycles. The van der Waals surface area contributed by atoms with Crippen LogP contribution in [0.4, 0.5) is 24.5 Å². The molecule has 166 valence electrons. The lowest BCUT2D eigenvalue weighted by Gasteiger charge is -2.16. The average molecular weight is 444 g/mol. The fourth-order valence-corrected chi connectivity index (χ4v) is 2.91. The quantitative estimate of drug-likeness (QED) is 0.546. The minimum Gasteiger partial charge on any atom is -0.494 e. The van der Waals surface area contributed by atoms with Gasteiger partial charge in [0.2, 0.25) is 0 Å². The Kier molecular flexibility index (Phi) is 6.67. The van der Waals surface area contributed by atoms with E-state index < -0.39 is 17.6 Å². The van der Waals surface area contributed by atoms with Gasteiger partial charge in [-0.2, -0.15) is 13.2 Å². The molecular weight excluding hydrogens is 425 g/mol. The van der Waals surface area contributed by atoms with Gasteiger partial charge in [0.15, 0.2) is 0 Å². The lowest BCUT2D eigenvalue weighted by atomic mass is 10.1. The topological polar surface area (TPSA) is 76.7 Å². The first-order valence-electron chi connectivity index (χ1n) is 9.34. The van der Waals surface area contributed by atoms with E-state index in [1.54, 1.807) is 30.3 Å². The molecule has 0 unspecified atom stereocenters. The van der Waals surface area contributed by atoms with Crippen LogP contribution in [0.25, 0.3) is 0 Å². The number of ether oxygens (including phenoxy) is 2. The van der Waals surface area contributed by atoms with Gasteiger partial charge in [-0.05, 0) is 30.3 Å². The molecule has 3 aromatic carbocycles. The summed E-state index contributed by atoms with van der Waals surface area (Å²) in [7, 11) is 2.73. The Labute approximate surface area is 182 Å². The Morgan fingerprint density at radius 1 is 0.719 bits per heavy atom. The molecule has 0 saturated heterocycles. The highest BCUT2D eigenvalue weighted by Crippen LogP contribution is 2.37. The molecule has 0 radical (unpaired) electrons. The van der Waals surface area contributed by atoms with Crippen LogP contribution in [0.3, 0.4) is 0 Å². The van der Waals surface area contributed by atoms with Crippen molar-refractivity contribution in [3.63, 3.8) is 0 Å². The van der Waals surface area contributed by atoms with Crippen molar-refractivity contribution in [1.29, 1.82) is 0 Å². The molecule has 2 amide bonds. The Hall–Kier alpha value is -4.01. The number of carbonyl (C=O) groups is 2. The number of methoxy groups -OCH3 is 2. The van der Waals surface area contributed by atoms with Gasteiger partial charge >= 0.3 is 6.18 Å². The molecule has 0 bridgehead atoms. The standard InChI is InChI=1S/C23H19F3N2O4/c1-31-19-13-18(28-22(30)15-9-6-10-16(11-15)23(24,25)26)20(32-2)12-17(19)27-21(29)14-7-4-3-5-8-14/h3-13H,1-2H3,(H,27,29)(H,28,30). The largest absolute Gasteiger partial charge is 0.494 e. The summed E-state index contributed by atoms with van der Waals surface area (Å²) in [4.78, 5) is 25.0. The number of rotatable bonds is 6. The summed E-state index contributed by atoms with van der Waals surface area (Å²) in [6.07, 6.45) is -4.57. The van der Waals surface area contributed by atoms with Gasteiger partial charge in [0.1, 0.15) is 11.5 Å². The predicted molar refractivity (Wildman–Crippen MR) is 113 cm³/mol. The first-order chi connectivity index (χ1) is 15.2. The number of benzene rings is 3. The van der Waals surface area contributed by atoms with Crippen molar-refractivity contribution in [3.05, 3.63) is 83.4 Å². The molecule has 0 spiro atoms. The molecule has 0 aliphatic carbocycles. The number of hydrogen-bond acceptors (Lipinski definition) is 4. The van der Waals surface area contributed by atoms with Crippen LogP contribution in [0, 0.1) is 0 Å². The molecule has 0 aliphatic heterocycles. The van der Waals surface area contributed by atoms with Gasteiger partial charge in [-0.3, -0.25) is 9.59 Å². The number of nitrogens with one attached hydrogen (secondary N) is 2. The molecule has 0 fully saturated rings. The number of anilines is 2. The van der Waals surface area contributed by atoms with Gasteiger partial charge in [0.05, 0.1) is 31.2 Å². The van der Waals surface area contributed by atoms with Crippen LogP contribution in [0.5, 0.6) is 11.5 Å². The van der Waals surface area contributed by atoms with Crippen molar-refractivity contribution in [2.24, 2.45) is 0 Å². The summed E-state index contributed by atoms with van der Waals surface area (Å²) in [5, 5.41) is 5.23. The fourth-order valence-electron chi connectivity index (χ4n) is 2.91. The van der Waals surface area contributed by atoms with E-state index >= 15 is 0 Å². The van der Waals surface area contributed by atoms with Crippen LogP contribution < -0.4 is 20.1 Å². The SMILES string of the molecule is COc1cc(NC(=O)c2cccc(C(F)(F)F)c2)c(OC)cc1NC(=O)c1ccccc1. The van der Waals surface area contributed by atoms with Crippen LogP contribution in [0.1, 0.15) is 26.3 Å². The van der Waals surface area contributed by atoms with Crippen LogP contribution in [-0.4, -0.2) is 26.0 Å². The highest BCUT2D eigenvalue weighted by Gasteiger charge is 2.31. The smallest absolute Gasteiger partial charge is 0.416 e. The van der Waals surface area contributed by atoms with E-state index in [0.29, 0.717) is 5.56 Å². The van der Waals surface area contributed by atoms with Crippen molar-refractivity contribution < 1.29 is 32.2 Å². The zero-order valence-corrected chi connectivity index (χ0v) is 17.1. The first kappa shape index (κ1) is 22.7. The Morgan fingerprint density at radius 2 is 1.22 bits per heavy atom. The van der Waals surface area contributed by atoms with Gasteiger partial charge in [-0.1, -0.05) is 24.3 Å².